The second kappa shape index (κ2) is 6.76. The van der Waals surface area contributed by atoms with Gasteiger partial charge in [-0.3, -0.25) is 0 Å². The van der Waals surface area contributed by atoms with Crippen LogP contribution in [0.5, 0.6) is 11.5 Å². The van der Waals surface area contributed by atoms with Crippen molar-refractivity contribution >= 4 is 5.97 Å². The molecule has 0 aromatic heterocycles. The summed E-state index contributed by atoms with van der Waals surface area (Å²) in [5.41, 5.74) is 0.825. The van der Waals surface area contributed by atoms with Gasteiger partial charge in [-0.2, -0.15) is 0 Å². The number of hydrogen-bond acceptors (Lipinski definition) is 4. The van der Waals surface area contributed by atoms with E-state index in [-0.39, 0.29) is 17.9 Å². The molecule has 5 heteroatoms. The van der Waals surface area contributed by atoms with Crippen molar-refractivity contribution in [3.05, 3.63) is 59.7 Å². The number of hydrogen-bond donors (Lipinski definition) is 2. The molecule has 1 unspecified atom stereocenters. The molecule has 0 spiro atoms. The third-order valence-electron chi connectivity index (χ3n) is 2.99. The summed E-state index contributed by atoms with van der Waals surface area (Å²) in [6, 6.07) is 13.4. The molecule has 2 aromatic carbocycles. The van der Waals surface area contributed by atoms with Crippen molar-refractivity contribution in [2.75, 3.05) is 13.7 Å². The van der Waals surface area contributed by atoms with Crippen LogP contribution in [0.4, 0.5) is 0 Å². The molecular weight excluding hydrogens is 272 g/mol. The van der Waals surface area contributed by atoms with E-state index < -0.39 is 12.1 Å². The highest BCUT2D eigenvalue weighted by atomic mass is 16.5. The Morgan fingerprint density at radius 3 is 2.48 bits per heavy atom. The van der Waals surface area contributed by atoms with E-state index in [2.05, 4.69) is 0 Å². The van der Waals surface area contributed by atoms with Crippen LogP contribution < -0.4 is 9.47 Å². The van der Waals surface area contributed by atoms with Crippen LogP contribution in [0.25, 0.3) is 0 Å². The first-order valence-electron chi connectivity index (χ1n) is 6.39. The molecule has 0 radical (unpaired) electrons. The van der Waals surface area contributed by atoms with E-state index in [1.54, 1.807) is 12.1 Å². The summed E-state index contributed by atoms with van der Waals surface area (Å²) in [7, 11) is 1.47. The zero-order valence-electron chi connectivity index (χ0n) is 11.5. The predicted molar refractivity (Wildman–Crippen MR) is 76.9 cm³/mol. The molecule has 0 aliphatic heterocycles. The van der Waals surface area contributed by atoms with E-state index in [1.165, 1.54) is 25.3 Å². The van der Waals surface area contributed by atoms with Gasteiger partial charge in [0.05, 0.1) is 12.7 Å². The molecule has 0 bridgehead atoms. The molecule has 2 N–H and O–H groups in total. The van der Waals surface area contributed by atoms with Crippen LogP contribution >= 0.6 is 0 Å². The molecule has 21 heavy (non-hydrogen) atoms. The van der Waals surface area contributed by atoms with Crippen molar-refractivity contribution in [2.24, 2.45) is 0 Å². The first-order chi connectivity index (χ1) is 10.1. The molecule has 1 atom stereocenters. The molecule has 0 aliphatic rings. The van der Waals surface area contributed by atoms with Gasteiger partial charge in [0.1, 0.15) is 12.7 Å². The molecular formula is C16H16O5. The quantitative estimate of drug-likeness (QED) is 0.854. The fourth-order valence-electron chi connectivity index (χ4n) is 1.86. The maximum atomic E-state index is 11.0. The van der Waals surface area contributed by atoms with Crippen LogP contribution in [0.15, 0.2) is 48.5 Å². The number of ether oxygens (including phenoxy) is 2. The van der Waals surface area contributed by atoms with Gasteiger partial charge in [0, 0.05) is 0 Å². The summed E-state index contributed by atoms with van der Waals surface area (Å²) in [6.07, 6.45) is -0.801. The fraction of sp³-hybridized carbons (Fsp3) is 0.188. The first-order valence-corrected chi connectivity index (χ1v) is 6.39. The number of aliphatic hydroxyl groups is 1. The highest BCUT2D eigenvalue weighted by molar-refractivity contribution is 5.88. The number of aliphatic hydroxyl groups excluding tert-OH is 1. The fourth-order valence-corrected chi connectivity index (χ4v) is 1.86. The van der Waals surface area contributed by atoms with Crippen LogP contribution in [0.3, 0.4) is 0 Å². The maximum absolute atomic E-state index is 11.0. The Morgan fingerprint density at radius 2 is 1.86 bits per heavy atom. The van der Waals surface area contributed by atoms with Gasteiger partial charge in [0.2, 0.25) is 0 Å². The number of carboxylic acid groups (broad SMARTS) is 1. The summed E-state index contributed by atoms with van der Waals surface area (Å²) in [5, 5.41) is 19.0. The van der Waals surface area contributed by atoms with Gasteiger partial charge in [-0.05, 0) is 23.8 Å². The van der Waals surface area contributed by atoms with E-state index in [1.807, 2.05) is 18.2 Å². The Labute approximate surface area is 122 Å². The molecule has 5 nitrogen and oxygen atoms in total. The monoisotopic (exact) mass is 288 g/mol. The van der Waals surface area contributed by atoms with Crippen LogP contribution in [0.1, 0.15) is 22.0 Å². The van der Waals surface area contributed by atoms with Crippen molar-refractivity contribution in [3.8, 4) is 11.5 Å². The largest absolute Gasteiger partial charge is 0.493 e. The lowest BCUT2D eigenvalue weighted by atomic mass is 10.1. The van der Waals surface area contributed by atoms with Gasteiger partial charge in [-0.15, -0.1) is 0 Å². The SMILES string of the molecule is COc1ccc(C(=O)O)cc1OCC(O)c1ccccc1. The van der Waals surface area contributed by atoms with E-state index in [4.69, 9.17) is 14.6 Å². The van der Waals surface area contributed by atoms with Crippen LogP contribution in [-0.4, -0.2) is 29.9 Å². The molecule has 0 heterocycles. The number of carbonyl (C=O) groups is 1. The molecule has 0 saturated carbocycles. The number of carboxylic acids is 1. The average molecular weight is 288 g/mol. The molecule has 2 rings (SSSR count). The van der Waals surface area contributed by atoms with Crippen LogP contribution in [-0.2, 0) is 0 Å². The molecule has 0 fully saturated rings. The third kappa shape index (κ3) is 3.73. The summed E-state index contributed by atoms with van der Waals surface area (Å²) >= 11 is 0. The Bertz CT molecular complexity index is 609. The smallest absolute Gasteiger partial charge is 0.335 e. The minimum atomic E-state index is -1.05. The van der Waals surface area contributed by atoms with Gasteiger partial charge < -0.3 is 19.7 Å². The molecule has 0 saturated heterocycles. The molecule has 110 valence electrons. The van der Waals surface area contributed by atoms with Crippen LogP contribution in [0.2, 0.25) is 0 Å². The minimum absolute atomic E-state index is 0.00342. The van der Waals surface area contributed by atoms with Crippen LogP contribution in [0, 0.1) is 0 Å². The normalized spacial score (nSPS) is 11.7. The minimum Gasteiger partial charge on any atom is -0.493 e. The lowest BCUT2D eigenvalue weighted by molar-refractivity contribution is 0.0695. The summed E-state index contributed by atoms with van der Waals surface area (Å²) < 4.78 is 10.6. The van der Waals surface area contributed by atoms with Gasteiger partial charge in [-0.1, -0.05) is 30.3 Å². The van der Waals surface area contributed by atoms with Gasteiger partial charge >= 0.3 is 5.97 Å². The van der Waals surface area contributed by atoms with E-state index in [9.17, 15) is 9.90 Å². The van der Waals surface area contributed by atoms with Crippen molar-refractivity contribution in [1.29, 1.82) is 0 Å². The third-order valence-corrected chi connectivity index (χ3v) is 2.99. The maximum Gasteiger partial charge on any atom is 0.335 e. The first kappa shape index (κ1) is 14.9. The molecule has 2 aromatic rings. The van der Waals surface area contributed by atoms with E-state index >= 15 is 0 Å². The second-order valence-corrected chi connectivity index (χ2v) is 4.41. The number of aromatic carboxylic acids is 1. The Morgan fingerprint density at radius 1 is 1.14 bits per heavy atom. The number of methoxy groups -OCH3 is 1. The lowest BCUT2D eigenvalue weighted by Crippen LogP contribution is -2.10. The van der Waals surface area contributed by atoms with Gasteiger partial charge in [-0.25, -0.2) is 4.79 Å². The van der Waals surface area contributed by atoms with Crippen molar-refractivity contribution < 1.29 is 24.5 Å². The summed E-state index contributed by atoms with van der Waals surface area (Å²) in [4.78, 5) is 11.0. The summed E-state index contributed by atoms with van der Waals surface area (Å²) in [5.74, 6) is -0.348. The number of benzene rings is 2. The second-order valence-electron chi connectivity index (χ2n) is 4.41. The topological polar surface area (TPSA) is 76.0 Å². The summed E-state index contributed by atoms with van der Waals surface area (Å²) in [6.45, 7) is 0.00342. The zero-order chi connectivity index (χ0) is 15.2. The van der Waals surface area contributed by atoms with Crippen molar-refractivity contribution in [2.45, 2.75) is 6.10 Å². The average Bonchev–Trinajstić information content (AvgIpc) is 2.53. The van der Waals surface area contributed by atoms with Gasteiger partial charge in [0.15, 0.2) is 11.5 Å². The lowest BCUT2D eigenvalue weighted by Gasteiger charge is -2.15. The molecule has 0 amide bonds. The van der Waals surface area contributed by atoms with E-state index in [0.29, 0.717) is 5.75 Å². The zero-order valence-corrected chi connectivity index (χ0v) is 11.5. The standard InChI is InChI=1S/C16H16O5/c1-20-14-8-7-12(16(18)19)9-15(14)21-10-13(17)11-5-3-2-4-6-11/h2-9,13,17H,10H2,1H3,(H,18,19). The predicted octanol–water partition coefficient (Wildman–Crippen LogP) is 2.51. The molecule has 0 aliphatic carbocycles. The van der Waals surface area contributed by atoms with Crippen molar-refractivity contribution in [1.82, 2.24) is 0 Å². The Balaban J connectivity index is 2.11. The Hall–Kier alpha value is -2.53. The van der Waals surface area contributed by atoms with Gasteiger partial charge in [0.25, 0.3) is 0 Å². The van der Waals surface area contributed by atoms with E-state index in [0.717, 1.165) is 5.56 Å². The highest BCUT2D eigenvalue weighted by Crippen LogP contribution is 2.29. The Kier molecular flexibility index (Phi) is 4.79. The highest BCUT2D eigenvalue weighted by Gasteiger charge is 2.13. The van der Waals surface area contributed by atoms with Crippen molar-refractivity contribution in [3.63, 3.8) is 0 Å². The number of rotatable bonds is 6.